The number of halogens is 1. The van der Waals surface area contributed by atoms with E-state index in [0.29, 0.717) is 16.3 Å². The molecule has 2 aromatic carbocycles. The molecule has 23 heavy (non-hydrogen) atoms. The lowest BCUT2D eigenvalue weighted by atomic mass is 10.1. The van der Waals surface area contributed by atoms with E-state index < -0.39 is 12.2 Å². The second kappa shape index (κ2) is 8.41. The highest BCUT2D eigenvalue weighted by Gasteiger charge is 2.15. The molecule has 0 aliphatic rings. The number of alkyl carbamates (subject to hydrolysis) is 1. The molecule has 0 fully saturated rings. The molecule has 0 heterocycles. The minimum Gasteiger partial charge on any atom is -0.496 e. The van der Waals surface area contributed by atoms with E-state index in [4.69, 9.17) is 21.1 Å². The predicted molar refractivity (Wildman–Crippen MR) is 87.6 cm³/mol. The normalized spacial score (nSPS) is 11.6. The summed E-state index contributed by atoms with van der Waals surface area (Å²) in [6.07, 6.45) is -1.55. The van der Waals surface area contributed by atoms with Crippen molar-refractivity contribution in [3.63, 3.8) is 0 Å². The topological polar surface area (TPSA) is 67.8 Å². The van der Waals surface area contributed by atoms with E-state index in [-0.39, 0.29) is 13.2 Å². The van der Waals surface area contributed by atoms with Crippen molar-refractivity contribution in [1.82, 2.24) is 5.32 Å². The van der Waals surface area contributed by atoms with Crippen molar-refractivity contribution in [2.24, 2.45) is 0 Å². The lowest BCUT2D eigenvalue weighted by Gasteiger charge is -2.16. The molecule has 0 saturated carbocycles. The Labute approximate surface area is 139 Å². The lowest BCUT2D eigenvalue weighted by molar-refractivity contribution is 0.125. The molecular weight excluding hydrogens is 318 g/mol. The molecule has 0 spiro atoms. The Kier molecular flexibility index (Phi) is 6.26. The maximum Gasteiger partial charge on any atom is 0.407 e. The Hall–Kier alpha value is -2.24. The zero-order chi connectivity index (χ0) is 16.7. The van der Waals surface area contributed by atoms with Crippen molar-refractivity contribution < 1.29 is 19.4 Å². The van der Waals surface area contributed by atoms with Crippen molar-refractivity contribution in [2.75, 3.05) is 13.7 Å². The van der Waals surface area contributed by atoms with E-state index >= 15 is 0 Å². The Balaban J connectivity index is 1.85. The molecule has 0 aliphatic heterocycles. The Bertz CT molecular complexity index is 648. The summed E-state index contributed by atoms with van der Waals surface area (Å²) in [7, 11) is 1.50. The number of aliphatic hydroxyl groups is 1. The van der Waals surface area contributed by atoms with Crippen LogP contribution in [0.15, 0.2) is 48.5 Å². The van der Waals surface area contributed by atoms with Crippen molar-refractivity contribution in [3.8, 4) is 5.75 Å². The number of carbonyl (C=O) groups is 1. The van der Waals surface area contributed by atoms with Gasteiger partial charge in [0.25, 0.3) is 0 Å². The minimum atomic E-state index is -0.951. The van der Waals surface area contributed by atoms with E-state index in [2.05, 4.69) is 5.32 Å². The maximum atomic E-state index is 11.7. The standard InChI is InChI=1S/C17H18ClNO4/c1-22-16-8-7-13(18)9-14(16)15(20)10-19-17(21)23-11-12-5-3-2-4-6-12/h2-9,15,20H,10-11H2,1H3,(H,19,21). The van der Waals surface area contributed by atoms with Gasteiger partial charge in [-0.15, -0.1) is 0 Å². The lowest BCUT2D eigenvalue weighted by Crippen LogP contribution is -2.29. The highest BCUT2D eigenvalue weighted by Crippen LogP contribution is 2.27. The minimum absolute atomic E-state index is 0.00960. The van der Waals surface area contributed by atoms with Crippen molar-refractivity contribution in [2.45, 2.75) is 12.7 Å². The fourth-order valence-corrected chi connectivity index (χ4v) is 2.21. The van der Waals surface area contributed by atoms with Crippen LogP contribution in [0, 0.1) is 0 Å². The average molecular weight is 336 g/mol. The highest BCUT2D eigenvalue weighted by atomic mass is 35.5. The molecular formula is C17H18ClNO4. The van der Waals surface area contributed by atoms with Gasteiger partial charge in [0, 0.05) is 10.6 Å². The number of hydrogen-bond donors (Lipinski definition) is 2. The second-order valence-corrected chi connectivity index (χ2v) is 5.28. The Morgan fingerprint density at radius 2 is 2.00 bits per heavy atom. The SMILES string of the molecule is COc1ccc(Cl)cc1C(O)CNC(=O)OCc1ccccc1. The number of carbonyl (C=O) groups excluding carboxylic acids is 1. The highest BCUT2D eigenvalue weighted by molar-refractivity contribution is 6.30. The van der Waals surface area contributed by atoms with Crippen LogP contribution in [-0.4, -0.2) is 24.9 Å². The van der Waals surface area contributed by atoms with Gasteiger partial charge in [0.2, 0.25) is 0 Å². The Morgan fingerprint density at radius 1 is 1.26 bits per heavy atom. The van der Waals surface area contributed by atoms with E-state index in [1.54, 1.807) is 18.2 Å². The molecule has 0 saturated heterocycles. The first kappa shape index (κ1) is 17.1. The first-order valence-electron chi connectivity index (χ1n) is 7.06. The summed E-state index contributed by atoms with van der Waals surface area (Å²) in [6.45, 7) is 0.160. The monoisotopic (exact) mass is 335 g/mol. The van der Waals surface area contributed by atoms with Gasteiger partial charge in [0.1, 0.15) is 18.5 Å². The zero-order valence-electron chi connectivity index (χ0n) is 12.7. The van der Waals surface area contributed by atoms with Gasteiger partial charge in [-0.1, -0.05) is 41.9 Å². The largest absolute Gasteiger partial charge is 0.496 e. The van der Waals surface area contributed by atoms with Gasteiger partial charge >= 0.3 is 6.09 Å². The molecule has 0 radical (unpaired) electrons. The molecule has 122 valence electrons. The molecule has 1 unspecified atom stereocenters. The molecule has 0 aliphatic carbocycles. The number of ether oxygens (including phenoxy) is 2. The summed E-state index contributed by atoms with van der Waals surface area (Å²) in [5.74, 6) is 0.501. The molecule has 1 amide bonds. The first-order valence-corrected chi connectivity index (χ1v) is 7.44. The van der Waals surface area contributed by atoms with Gasteiger partial charge in [-0.3, -0.25) is 0 Å². The van der Waals surface area contributed by atoms with Crippen LogP contribution in [0.2, 0.25) is 5.02 Å². The van der Waals surface area contributed by atoms with Crippen molar-refractivity contribution in [1.29, 1.82) is 0 Å². The van der Waals surface area contributed by atoms with E-state index in [9.17, 15) is 9.90 Å². The summed E-state index contributed by atoms with van der Waals surface area (Å²) in [4.78, 5) is 11.7. The summed E-state index contributed by atoms with van der Waals surface area (Å²) < 4.78 is 10.2. The predicted octanol–water partition coefficient (Wildman–Crippen LogP) is 3.31. The fraction of sp³-hybridized carbons (Fsp3) is 0.235. The van der Waals surface area contributed by atoms with Crippen molar-refractivity contribution in [3.05, 3.63) is 64.7 Å². The van der Waals surface area contributed by atoms with Crippen LogP contribution in [0.4, 0.5) is 4.79 Å². The van der Waals surface area contributed by atoms with Crippen LogP contribution in [0.1, 0.15) is 17.2 Å². The zero-order valence-corrected chi connectivity index (χ0v) is 13.4. The number of nitrogens with one attached hydrogen (secondary N) is 1. The van der Waals surface area contributed by atoms with Gasteiger partial charge in [0.05, 0.1) is 13.7 Å². The fourth-order valence-electron chi connectivity index (χ4n) is 2.03. The number of amides is 1. The maximum absolute atomic E-state index is 11.7. The van der Waals surface area contributed by atoms with Gasteiger partial charge in [-0.05, 0) is 23.8 Å². The number of rotatable bonds is 6. The summed E-state index contributed by atoms with van der Waals surface area (Å²) >= 11 is 5.92. The number of aliphatic hydroxyl groups excluding tert-OH is 1. The summed E-state index contributed by atoms with van der Waals surface area (Å²) in [5.41, 5.74) is 1.39. The molecule has 1 atom stereocenters. The molecule has 6 heteroatoms. The van der Waals surface area contributed by atoms with Crippen LogP contribution in [0.3, 0.4) is 0 Å². The van der Waals surface area contributed by atoms with E-state index in [1.807, 2.05) is 30.3 Å². The average Bonchev–Trinajstić information content (AvgIpc) is 2.58. The van der Waals surface area contributed by atoms with Gasteiger partial charge in [0.15, 0.2) is 0 Å². The van der Waals surface area contributed by atoms with Crippen LogP contribution < -0.4 is 10.1 Å². The molecule has 2 rings (SSSR count). The summed E-state index contributed by atoms with van der Waals surface area (Å²) in [5, 5.41) is 13.2. The third kappa shape index (κ3) is 5.16. The van der Waals surface area contributed by atoms with Gasteiger partial charge in [-0.2, -0.15) is 0 Å². The second-order valence-electron chi connectivity index (χ2n) is 4.84. The van der Waals surface area contributed by atoms with Crippen LogP contribution >= 0.6 is 11.6 Å². The number of hydrogen-bond acceptors (Lipinski definition) is 4. The molecule has 2 N–H and O–H groups in total. The third-order valence-corrected chi connectivity index (χ3v) is 3.44. The molecule has 5 nitrogen and oxygen atoms in total. The Morgan fingerprint density at radius 3 is 2.70 bits per heavy atom. The molecule has 2 aromatic rings. The number of benzene rings is 2. The number of methoxy groups -OCH3 is 1. The van der Waals surface area contributed by atoms with Gasteiger partial charge in [-0.25, -0.2) is 4.79 Å². The smallest absolute Gasteiger partial charge is 0.407 e. The van der Waals surface area contributed by atoms with Crippen LogP contribution in [-0.2, 0) is 11.3 Å². The van der Waals surface area contributed by atoms with E-state index in [1.165, 1.54) is 7.11 Å². The molecule has 0 aromatic heterocycles. The third-order valence-electron chi connectivity index (χ3n) is 3.20. The first-order chi connectivity index (χ1) is 11.1. The summed E-state index contributed by atoms with van der Waals surface area (Å²) in [6, 6.07) is 14.3. The van der Waals surface area contributed by atoms with Crippen molar-refractivity contribution >= 4 is 17.7 Å². The van der Waals surface area contributed by atoms with Crippen LogP contribution in [0.25, 0.3) is 0 Å². The molecule has 0 bridgehead atoms. The quantitative estimate of drug-likeness (QED) is 0.850. The van der Waals surface area contributed by atoms with Gasteiger partial charge < -0.3 is 19.9 Å². The van der Waals surface area contributed by atoms with E-state index in [0.717, 1.165) is 5.56 Å². The van der Waals surface area contributed by atoms with Crippen LogP contribution in [0.5, 0.6) is 5.75 Å².